The molecule has 0 aliphatic carbocycles. The van der Waals surface area contributed by atoms with Crippen molar-refractivity contribution in [3.8, 4) is 0 Å². The van der Waals surface area contributed by atoms with E-state index in [9.17, 15) is 0 Å². The zero-order chi connectivity index (χ0) is 15.4. The zero-order valence-electron chi connectivity index (χ0n) is 12.3. The normalized spacial score (nSPS) is 11.2. The lowest BCUT2D eigenvalue weighted by Crippen LogP contribution is -1.93. The van der Waals surface area contributed by atoms with E-state index in [2.05, 4.69) is 46.7 Å². The van der Waals surface area contributed by atoms with Crippen LogP contribution in [0.2, 0.25) is 5.02 Å². The number of rotatable bonds is 4. The standard InChI is InChI=1S/C18H16ClN3/c1-2-13-3-5-14(6-4-13)12-21-22-17-9-10-20-18-11-15(19)7-8-16(17)18/h3-12H,2H2,1H3,(H,20,22)/b21-12-. The van der Waals surface area contributed by atoms with Crippen LogP contribution in [0.5, 0.6) is 0 Å². The lowest BCUT2D eigenvalue weighted by atomic mass is 10.1. The molecule has 0 bridgehead atoms. The van der Waals surface area contributed by atoms with E-state index in [0.29, 0.717) is 5.02 Å². The number of benzene rings is 2. The number of hydrazone groups is 1. The summed E-state index contributed by atoms with van der Waals surface area (Å²) in [6.45, 7) is 2.14. The van der Waals surface area contributed by atoms with Crippen LogP contribution in [0.4, 0.5) is 5.69 Å². The maximum absolute atomic E-state index is 5.99. The Hall–Kier alpha value is -2.39. The molecule has 3 aromatic rings. The van der Waals surface area contributed by atoms with Crippen LogP contribution in [0, 0.1) is 0 Å². The van der Waals surface area contributed by atoms with Crippen molar-refractivity contribution >= 4 is 34.4 Å². The highest BCUT2D eigenvalue weighted by atomic mass is 35.5. The van der Waals surface area contributed by atoms with Crippen LogP contribution in [-0.2, 0) is 6.42 Å². The first-order valence-corrected chi connectivity index (χ1v) is 7.56. The van der Waals surface area contributed by atoms with Gasteiger partial charge in [-0.15, -0.1) is 0 Å². The van der Waals surface area contributed by atoms with E-state index >= 15 is 0 Å². The van der Waals surface area contributed by atoms with Gasteiger partial charge in [-0.1, -0.05) is 42.8 Å². The van der Waals surface area contributed by atoms with Crippen molar-refractivity contribution in [1.82, 2.24) is 4.98 Å². The van der Waals surface area contributed by atoms with Crippen LogP contribution >= 0.6 is 11.6 Å². The third-order valence-electron chi connectivity index (χ3n) is 3.49. The van der Waals surface area contributed by atoms with E-state index in [4.69, 9.17) is 11.6 Å². The molecule has 0 fully saturated rings. The minimum atomic E-state index is 0.677. The van der Waals surface area contributed by atoms with Gasteiger partial charge in [-0.2, -0.15) is 5.10 Å². The molecule has 2 aromatic carbocycles. The molecule has 0 spiro atoms. The fourth-order valence-corrected chi connectivity index (χ4v) is 2.40. The zero-order valence-corrected chi connectivity index (χ0v) is 13.0. The first-order chi connectivity index (χ1) is 10.8. The fourth-order valence-electron chi connectivity index (χ4n) is 2.23. The van der Waals surface area contributed by atoms with Crippen molar-refractivity contribution in [2.75, 3.05) is 5.43 Å². The minimum absolute atomic E-state index is 0.677. The van der Waals surface area contributed by atoms with Gasteiger partial charge in [0.15, 0.2) is 0 Å². The van der Waals surface area contributed by atoms with Gasteiger partial charge in [0, 0.05) is 16.6 Å². The molecule has 0 saturated carbocycles. The number of aromatic nitrogens is 1. The fraction of sp³-hybridized carbons (Fsp3) is 0.111. The molecular weight excluding hydrogens is 294 g/mol. The molecule has 1 aromatic heterocycles. The molecule has 22 heavy (non-hydrogen) atoms. The van der Waals surface area contributed by atoms with Gasteiger partial charge in [0.2, 0.25) is 0 Å². The van der Waals surface area contributed by atoms with Crippen LogP contribution in [0.15, 0.2) is 59.8 Å². The summed E-state index contributed by atoms with van der Waals surface area (Å²) >= 11 is 5.99. The Morgan fingerprint density at radius 2 is 1.95 bits per heavy atom. The molecule has 0 aliphatic rings. The molecule has 110 valence electrons. The SMILES string of the molecule is CCc1ccc(/C=N\Nc2ccnc3cc(Cl)ccc23)cc1. The summed E-state index contributed by atoms with van der Waals surface area (Å²) in [5.41, 5.74) is 7.21. The number of nitrogens with zero attached hydrogens (tertiary/aromatic N) is 2. The van der Waals surface area contributed by atoms with Gasteiger partial charge < -0.3 is 0 Å². The van der Waals surface area contributed by atoms with E-state index in [0.717, 1.165) is 28.6 Å². The van der Waals surface area contributed by atoms with Crippen LogP contribution in [0.25, 0.3) is 10.9 Å². The Bertz CT molecular complexity index is 810. The third kappa shape index (κ3) is 3.26. The summed E-state index contributed by atoms with van der Waals surface area (Å²) in [5.74, 6) is 0. The molecule has 0 atom stereocenters. The number of hydrogen-bond donors (Lipinski definition) is 1. The highest BCUT2D eigenvalue weighted by Crippen LogP contribution is 2.24. The Labute approximate surface area is 134 Å². The molecule has 0 amide bonds. The van der Waals surface area contributed by atoms with Crippen molar-refractivity contribution in [2.24, 2.45) is 5.10 Å². The number of anilines is 1. The van der Waals surface area contributed by atoms with Crippen LogP contribution in [-0.4, -0.2) is 11.2 Å². The summed E-state index contributed by atoms with van der Waals surface area (Å²) in [4.78, 5) is 4.31. The van der Waals surface area contributed by atoms with Gasteiger partial charge in [0.25, 0.3) is 0 Å². The summed E-state index contributed by atoms with van der Waals surface area (Å²) in [5, 5.41) is 5.97. The van der Waals surface area contributed by atoms with Crippen LogP contribution in [0.3, 0.4) is 0 Å². The van der Waals surface area contributed by atoms with Gasteiger partial charge in [-0.05, 0) is 41.8 Å². The van der Waals surface area contributed by atoms with E-state index < -0.39 is 0 Å². The Morgan fingerprint density at radius 3 is 2.73 bits per heavy atom. The van der Waals surface area contributed by atoms with Gasteiger partial charge in [-0.3, -0.25) is 10.4 Å². The lowest BCUT2D eigenvalue weighted by Gasteiger charge is -2.05. The van der Waals surface area contributed by atoms with Crippen molar-refractivity contribution < 1.29 is 0 Å². The number of halogens is 1. The molecule has 1 heterocycles. The summed E-state index contributed by atoms with van der Waals surface area (Å²) in [6, 6.07) is 15.9. The highest BCUT2D eigenvalue weighted by Gasteiger charge is 2.01. The summed E-state index contributed by atoms with van der Waals surface area (Å²) in [6.07, 6.45) is 4.59. The molecule has 0 aliphatic heterocycles. The molecule has 0 radical (unpaired) electrons. The van der Waals surface area contributed by atoms with Gasteiger partial charge in [-0.25, -0.2) is 0 Å². The van der Waals surface area contributed by atoms with Crippen molar-refractivity contribution in [3.63, 3.8) is 0 Å². The predicted molar refractivity (Wildman–Crippen MR) is 93.8 cm³/mol. The Balaban J connectivity index is 1.79. The molecule has 3 rings (SSSR count). The van der Waals surface area contributed by atoms with E-state index in [1.807, 2.05) is 30.5 Å². The molecule has 0 unspecified atom stereocenters. The number of aryl methyl sites for hydroxylation is 1. The topological polar surface area (TPSA) is 37.3 Å². The first-order valence-electron chi connectivity index (χ1n) is 7.18. The van der Waals surface area contributed by atoms with Gasteiger partial charge in [0.05, 0.1) is 17.4 Å². The second-order valence-electron chi connectivity index (χ2n) is 4.99. The second kappa shape index (κ2) is 6.58. The molecule has 0 saturated heterocycles. The molecular formula is C18H16ClN3. The summed E-state index contributed by atoms with van der Waals surface area (Å²) in [7, 11) is 0. The number of nitrogens with one attached hydrogen (secondary N) is 1. The Morgan fingerprint density at radius 1 is 1.14 bits per heavy atom. The predicted octanol–water partition coefficient (Wildman–Crippen LogP) is 4.90. The van der Waals surface area contributed by atoms with Crippen LogP contribution in [0.1, 0.15) is 18.1 Å². The number of hydrogen-bond acceptors (Lipinski definition) is 3. The molecule has 4 heteroatoms. The van der Waals surface area contributed by atoms with Crippen molar-refractivity contribution in [1.29, 1.82) is 0 Å². The quantitative estimate of drug-likeness (QED) is 0.550. The van der Waals surface area contributed by atoms with E-state index in [1.165, 1.54) is 5.56 Å². The van der Waals surface area contributed by atoms with Gasteiger partial charge >= 0.3 is 0 Å². The van der Waals surface area contributed by atoms with E-state index in [-0.39, 0.29) is 0 Å². The largest absolute Gasteiger partial charge is 0.278 e. The first kappa shape index (κ1) is 14.5. The average Bonchev–Trinajstić information content (AvgIpc) is 2.55. The monoisotopic (exact) mass is 309 g/mol. The van der Waals surface area contributed by atoms with Crippen LogP contribution < -0.4 is 5.43 Å². The lowest BCUT2D eigenvalue weighted by molar-refractivity contribution is 1.14. The van der Waals surface area contributed by atoms with Crippen molar-refractivity contribution in [2.45, 2.75) is 13.3 Å². The van der Waals surface area contributed by atoms with Gasteiger partial charge in [0.1, 0.15) is 0 Å². The number of pyridine rings is 1. The summed E-state index contributed by atoms with van der Waals surface area (Å²) < 4.78 is 0. The maximum atomic E-state index is 5.99. The second-order valence-corrected chi connectivity index (χ2v) is 5.42. The maximum Gasteiger partial charge on any atom is 0.0738 e. The number of fused-ring (bicyclic) bond motifs is 1. The third-order valence-corrected chi connectivity index (χ3v) is 3.73. The Kier molecular flexibility index (Phi) is 4.35. The smallest absolute Gasteiger partial charge is 0.0738 e. The minimum Gasteiger partial charge on any atom is -0.278 e. The van der Waals surface area contributed by atoms with E-state index in [1.54, 1.807) is 6.20 Å². The molecule has 3 nitrogen and oxygen atoms in total. The van der Waals surface area contributed by atoms with Crippen molar-refractivity contribution in [3.05, 3.63) is 70.9 Å². The molecule has 1 N–H and O–H groups in total. The highest BCUT2D eigenvalue weighted by molar-refractivity contribution is 6.31. The average molecular weight is 310 g/mol.